The van der Waals surface area contributed by atoms with Gasteiger partial charge in [0.05, 0.1) is 13.7 Å². The fourth-order valence-corrected chi connectivity index (χ4v) is 8.11. The molecule has 0 aromatic heterocycles. The molecule has 0 spiro atoms. The maximum Gasteiger partial charge on any atom is 0.185 e. The molecule has 3 aromatic rings. The summed E-state index contributed by atoms with van der Waals surface area (Å²) in [5, 5.41) is 0. The van der Waals surface area contributed by atoms with E-state index in [9.17, 15) is 0 Å². The van der Waals surface area contributed by atoms with Crippen molar-refractivity contribution in [1.82, 2.24) is 0 Å². The molecule has 0 unspecified atom stereocenters. The molecule has 0 heterocycles. The van der Waals surface area contributed by atoms with Crippen molar-refractivity contribution in [3.8, 4) is 23.0 Å². The number of aryl methyl sites for hydroxylation is 2. The Morgan fingerprint density at radius 3 is 2.00 bits per heavy atom. The largest absolute Gasteiger partial charge is 0.402 e. The Hall–Kier alpha value is -2.68. The lowest BCUT2D eigenvalue weighted by atomic mass is 9.69. The summed E-state index contributed by atoms with van der Waals surface area (Å²) in [6.45, 7) is 16.5. The van der Waals surface area contributed by atoms with Gasteiger partial charge in [-0.3, -0.25) is 0 Å². The van der Waals surface area contributed by atoms with E-state index in [1.165, 1.54) is 51.8 Å². The predicted octanol–water partition coefficient (Wildman–Crippen LogP) is 9.71. The first-order valence-corrected chi connectivity index (χ1v) is 19.2. The second-order valence-corrected chi connectivity index (χ2v) is 17.4. The SMILES string of the molecule is CCC(CC)(c1ccc(C#CC2(O[Si](C)(C)C)CCCC2)c(C)c1)c1ccc(-c2ccc(CCOOC)cc2)c(C)c1. The van der Waals surface area contributed by atoms with Crippen molar-refractivity contribution in [2.75, 3.05) is 13.7 Å². The van der Waals surface area contributed by atoms with E-state index in [0.717, 1.165) is 37.7 Å². The highest BCUT2D eigenvalue weighted by atomic mass is 28.4. The lowest BCUT2D eigenvalue weighted by molar-refractivity contribution is -0.271. The monoisotopic (exact) mass is 582 g/mol. The molecule has 4 rings (SSSR count). The van der Waals surface area contributed by atoms with Crippen LogP contribution >= 0.6 is 0 Å². The zero-order valence-corrected chi connectivity index (χ0v) is 28.2. The Kier molecular flexibility index (Phi) is 10.5. The molecular formula is C38H50O3Si. The number of hydrogen-bond acceptors (Lipinski definition) is 3. The Morgan fingerprint density at radius 1 is 0.833 bits per heavy atom. The summed E-state index contributed by atoms with van der Waals surface area (Å²) in [5.41, 5.74) is 9.89. The third-order valence-corrected chi connectivity index (χ3v) is 9.96. The standard InChI is InChI=1S/C38H50O3Si/c1-9-38(10-2,35-19-20-36(30(4)28-35)33-15-13-31(14-16-33)22-26-40-39-5)34-18-17-32(29(3)27-34)21-25-37(23-11-12-24-37)41-42(6,7)8/h13-20,27-28H,9-12,22-24,26H2,1-8H3. The first-order valence-electron chi connectivity index (χ1n) is 15.8. The van der Waals surface area contributed by atoms with Crippen molar-refractivity contribution in [2.45, 2.75) is 103 Å². The van der Waals surface area contributed by atoms with Crippen molar-refractivity contribution in [2.24, 2.45) is 0 Å². The molecule has 0 N–H and O–H groups in total. The Labute approximate surface area is 256 Å². The van der Waals surface area contributed by atoms with Crippen LogP contribution in [0.25, 0.3) is 11.1 Å². The van der Waals surface area contributed by atoms with E-state index in [1.54, 1.807) is 7.11 Å². The van der Waals surface area contributed by atoms with Gasteiger partial charge in [0.25, 0.3) is 0 Å². The third kappa shape index (κ3) is 7.44. The summed E-state index contributed by atoms with van der Waals surface area (Å²) in [7, 11) is -0.133. The molecule has 224 valence electrons. The third-order valence-electron chi connectivity index (χ3n) is 8.96. The number of hydrogen-bond donors (Lipinski definition) is 0. The minimum Gasteiger partial charge on any atom is -0.402 e. The molecule has 0 amide bonds. The van der Waals surface area contributed by atoms with Gasteiger partial charge in [-0.05, 0) is 123 Å². The maximum absolute atomic E-state index is 6.65. The van der Waals surface area contributed by atoms with Gasteiger partial charge in [-0.1, -0.05) is 80.3 Å². The van der Waals surface area contributed by atoms with Gasteiger partial charge in [0.2, 0.25) is 0 Å². The van der Waals surface area contributed by atoms with Crippen LogP contribution in [0.2, 0.25) is 19.6 Å². The van der Waals surface area contributed by atoms with Crippen LogP contribution in [0.4, 0.5) is 0 Å². The summed E-state index contributed by atoms with van der Waals surface area (Å²) in [4.78, 5) is 9.74. The lowest BCUT2D eigenvalue weighted by Crippen LogP contribution is -2.39. The molecule has 0 atom stereocenters. The van der Waals surface area contributed by atoms with E-state index < -0.39 is 8.32 Å². The molecular weight excluding hydrogens is 533 g/mol. The molecule has 1 saturated carbocycles. The highest BCUT2D eigenvalue weighted by Crippen LogP contribution is 2.41. The summed E-state index contributed by atoms with van der Waals surface area (Å²) in [6, 6.07) is 22.8. The first-order chi connectivity index (χ1) is 20.0. The van der Waals surface area contributed by atoms with Gasteiger partial charge in [-0.2, -0.15) is 0 Å². The summed E-state index contributed by atoms with van der Waals surface area (Å²) in [5.74, 6) is 7.18. The molecule has 42 heavy (non-hydrogen) atoms. The van der Waals surface area contributed by atoms with E-state index in [2.05, 4.69) is 120 Å². The van der Waals surface area contributed by atoms with Gasteiger partial charge >= 0.3 is 0 Å². The zero-order valence-electron chi connectivity index (χ0n) is 27.2. The van der Waals surface area contributed by atoms with Crippen molar-refractivity contribution in [3.05, 3.63) is 94.0 Å². The zero-order chi connectivity index (χ0) is 30.4. The van der Waals surface area contributed by atoms with Crippen LogP contribution in [0, 0.1) is 25.7 Å². The number of rotatable bonds is 11. The topological polar surface area (TPSA) is 27.7 Å². The minimum absolute atomic E-state index is 0.0428. The molecule has 0 radical (unpaired) electrons. The van der Waals surface area contributed by atoms with Gasteiger partial charge < -0.3 is 4.43 Å². The highest BCUT2D eigenvalue weighted by Gasteiger charge is 2.37. The van der Waals surface area contributed by atoms with Crippen LogP contribution in [0.15, 0.2) is 60.7 Å². The molecule has 1 aliphatic carbocycles. The smallest absolute Gasteiger partial charge is 0.185 e. The average molecular weight is 583 g/mol. The Balaban J connectivity index is 1.61. The Bertz CT molecular complexity index is 1390. The Morgan fingerprint density at radius 2 is 1.45 bits per heavy atom. The molecule has 0 bridgehead atoms. The molecule has 3 aromatic carbocycles. The normalized spacial score (nSPS) is 15.0. The van der Waals surface area contributed by atoms with E-state index in [1.807, 2.05) is 0 Å². The van der Waals surface area contributed by atoms with Crippen molar-refractivity contribution in [3.63, 3.8) is 0 Å². The molecule has 1 aliphatic rings. The molecule has 0 aliphatic heterocycles. The van der Waals surface area contributed by atoms with E-state index in [4.69, 9.17) is 14.2 Å². The first kappa shape index (κ1) is 32.2. The van der Waals surface area contributed by atoms with Crippen molar-refractivity contribution >= 4 is 8.32 Å². The van der Waals surface area contributed by atoms with Crippen molar-refractivity contribution in [1.29, 1.82) is 0 Å². The highest BCUT2D eigenvalue weighted by molar-refractivity contribution is 6.69. The minimum atomic E-state index is -1.68. The van der Waals surface area contributed by atoms with Crippen molar-refractivity contribution < 1.29 is 14.2 Å². The number of benzene rings is 3. The van der Waals surface area contributed by atoms with Crippen LogP contribution in [-0.2, 0) is 26.0 Å². The van der Waals surface area contributed by atoms with Gasteiger partial charge in [0.15, 0.2) is 8.32 Å². The van der Waals surface area contributed by atoms with Gasteiger partial charge in [-0.25, -0.2) is 9.78 Å². The second-order valence-electron chi connectivity index (χ2n) is 13.0. The van der Waals surface area contributed by atoms with Crippen LogP contribution < -0.4 is 0 Å². The van der Waals surface area contributed by atoms with Crippen LogP contribution in [0.3, 0.4) is 0 Å². The second kappa shape index (κ2) is 13.7. The van der Waals surface area contributed by atoms with Gasteiger partial charge in [0.1, 0.15) is 5.60 Å². The van der Waals surface area contributed by atoms with Crippen LogP contribution in [0.1, 0.15) is 85.8 Å². The quantitative estimate of drug-likeness (QED) is 0.0740. The molecule has 1 fully saturated rings. The maximum atomic E-state index is 6.65. The predicted molar refractivity (Wildman–Crippen MR) is 178 cm³/mol. The molecule has 3 nitrogen and oxygen atoms in total. The summed E-state index contributed by atoms with van der Waals surface area (Å²) >= 11 is 0. The van der Waals surface area contributed by atoms with Gasteiger partial charge in [-0.15, -0.1) is 0 Å². The van der Waals surface area contributed by atoms with Gasteiger partial charge in [0, 0.05) is 11.0 Å². The van der Waals surface area contributed by atoms with E-state index >= 15 is 0 Å². The van der Waals surface area contributed by atoms with E-state index in [-0.39, 0.29) is 11.0 Å². The molecule has 4 heteroatoms. The van der Waals surface area contributed by atoms with E-state index in [0.29, 0.717) is 6.61 Å². The summed E-state index contributed by atoms with van der Waals surface area (Å²) < 4.78 is 6.65. The van der Waals surface area contributed by atoms with Crippen LogP contribution in [0.5, 0.6) is 0 Å². The molecule has 0 saturated heterocycles. The fourth-order valence-electron chi connectivity index (χ4n) is 6.68. The summed E-state index contributed by atoms with van der Waals surface area (Å²) in [6.07, 6.45) is 7.44. The van der Waals surface area contributed by atoms with Crippen LogP contribution in [-0.4, -0.2) is 27.6 Å². The fraction of sp³-hybridized carbons (Fsp3) is 0.474. The lowest BCUT2D eigenvalue weighted by Gasteiger charge is -2.34. The average Bonchev–Trinajstić information content (AvgIpc) is 3.41.